The summed E-state index contributed by atoms with van der Waals surface area (Å²) in [6, 6.07) is 2.75. The van der Waals surface area contributed by atoms with Crippen molar-refractivity contribution < 1.29 is 17.9 Å². The third-order valence-corrected chi connectivity index (χ3v) is 7.50. The number of nitrogens with one attached hydrogen (secondary N) is 1. The van der Waals surface area contributed by atoms with Crippen LogP contribution in [-0.2, 0) is 32.8 Å². The lowest BCUT2D eigenvalue weighted by molar-refractivity contribution is -0.126. The third kappa shape index (κ3) is 2.05. The highest BCUT2D eigenvalue weighted by Gasteiger charge is 2.49. The number of fused-ring (bicyclic) bond motifs is 3. The maximum Gasteiger partial charge on any atom is 0.245 e. The number of carbonyl (C=O) groups is 1. The van der Waals surface area contributed by atoms with Crippen molar-refractivity contribution in [2.24, 2.45) is 0 Å². The van der Waals surface area contributed by atoms with Gasteiger partial charge in [0.15, 0.2) is 0 Å². The van der Waals surface area contributed by atoms with Crippen LogP contribution in [0.5, 0.6) is 0 Å². The average Bonchev–Trinajstić information content (AvgIpc) is 3.05. The van der Waals surface area contributed by atoms with Crippen molar-refractivity contribution in [3.63, 3.8) is 0 Å². The lowest BCUT2D eigenvalue weighted by Crippen LogP contribution is -2.57. The number of sulfonamides is 1. The van der Waals surface area contributed by atoms with Crippen molar-refractivity contribution in [3.05, 3.63) is 27.7 Å². The highest BCUT2D eigenvalue weighted by Crippen LogP contribution is 2.37. The van der Waals surface area contributed by atoms with Gasteiger partial charge >= 0.3 is 0 Å². The SMILES string of the molecule is O=C1NC[C@@H]2CC[C@H]1N2S(=O)(=O)c1cc2c(cc1Br)COC2. The number of carbonyl (C=O) groups excluding carboxylic acids is 1. The maximum absolute atomic E-state index is 13.1. The number of halogens is 1. The molecule has 0 aliphatic carbocycles. The molecule has 0 spiro atoms. The lowest BCUT2D eigenvalue weighted by Gasteiger charge is -2.33. The van der Waals surface area contributed by atoms with Crippen LogP contribution < -0.4 is 5.32 Å². The first-order chi connectivity index (χ1) is 10.5. The molecule has 0 aromatic heterocycles. The van der Waals surface area contributed by atoms with E-state index in [1.165, 1.54) is 4.31 Å². The molecule has 1 amide bonds. The van der Waals surface area contributed by atoms with E-state index < -0.39 is 16.1 Å². The van der Waals surface area contributed by atoms with Crippen LogP contribution >= 0.6 is 15.9 Å². The van der Waals surface area contributed by atoms with Gasteiger partial charge in [-0.05, 0) is 52.0 Å². The van der Waals surface area contributed by atoms with Gasteiger partial charge in [0.1, 0.15) is 6.04 Å². The van der Waals surface area contributed by atoms with Gasteiger partial charge in [-0.15, -0.1) is 0 Å². The van der Waals surface area contributed by atoms with Crippen LogP contribution in [0.3, 0.4) is 0 Å². The Hall–Kier alpha value is -0.960. The largest absolute Gasteiger partial charge is 0.372 e. The molecule has 4 rings (SSSR count). The Bertz CT molecular complexity index is 764. The van der Waals surface area contributed by atoms with Gasteiger partial charge in [0.2, 0.25) is 15.9 Å². The number of hydrogen-bond acceptors (Lipinski definition) is 4. The smallest absolute Gasteiger partial charge is 0.245 e. The highest BCUT2D eigenvalue weighted by molar-refractivity contribution is 9.10. The van der Waals surface area contributed by atoms with E-state index >= 15 is 0 Å². The zero-order chi connectivity index (χ0) is 15.5. The molecule has 1 aromatic rings. The summed E-state index contributed by atoms with van der Waals surface area (Å²) in [6.45, 7) is 1.32. The van der Waals surface area contributed by atoms with Gasteiger partial charge in [-0.25, -0.2) is 8.42 Å². The monoisotopic (exact) mass is 386 g/mol. The van der Waals surface area contributed by atoms with E-state index in [-0.39, 0.29) is 16.8 Å². The van der Waals surface area contributed by atoms with Crippen LogP contribution in [0.4, 0.5) is 0 Å². The Morgan fingerprint density at radius 2 is 1.95 bits per heavy atom. The minimum absolute atomic E-state index is 0.149. The fraction of sp³-hybridized carbons (Fsp3) is 0.500. The number of rotatable bonds is 2. The minimum Gasteiger partial charge on any atom is -0.372 e. The first kappa shape index (κ1) is 14.6. The second kappa shape index (κ2) is 5.02. The molecule has 3 aliphatic rings. The number of piperazine rings is 1. The summed E-state index contributed by atoms with van der Waals surface area (Å²) in [5.74, 6) is -0.196. The molecule has 22 heavy (non-hydrogen) atoms. The molecule has 2 fully saturated rings. The van der Waals surface area contributed by atoms with Gasteiger partial charge in [0.25, 0.3) is 0 Å². The van der Waals surface area contributed by atoms with E-state index in [4.69, 9.17) is 4.74 Å². The fourth-order valence-electron chi connectivity index (χ4n) is 3.49. The molecule has 6 nitrogen and oxygen atoms in total. The molecule has 3 heterocycles. The number of nitrogens with zero attached hydrogens (tertiary/aromatic N) is 1. The van der Waals surface area contributed by atoms with Crippen molar-refractivity contribution >= 4 is 31.9 Å². The van der Waals surface area contributed by atoms with Gasteiger partial charge in [0.05, 0.1) is 18.1 Å². The Morgan fingerprint density at radius 3 is 2.73 bits per heavy atom. The molecule has 2 atom stereocenters. The Morgan fingerprint density at radius 1 is 1.23 bits per heavy atom. The predicted molar refractivity (Wildman–Crippen MR) is 81.5 cm³/mol. The van der Waals surface area contributed by atoms with Crippen LogP contribution in [0.15, 0.2) is 21.5 Å². The van der Waals surface area contributed by atoms with Crippen LogP contribution in [0.1, 0.15) is 24.0 Å². The number of benzene rings is 1. The van der Waals surface area contributed by atoms with Crippen LogP contribution in [0.2, 0.25) is 0 Å². The van der Waals surface area contributed by atoms with Crippen molar-refractivity contribution in [2.45, 2.75) is 43.0 Å². The quantitative estimate of drug-likeness (QED) is 0.826. The fourth-order valence-corrected chi connectivity index (χ4v) is 6.42. The van der Waals surface area contributed by atoms with Gasteiger partial charge in [-0.3, -0.25) is 4.79 Å². The first-order valence-electron chi connectivity index (χ1n) is 7.19. The average molecular weight is 387 g/mol. The van der Waals surface area contributed by atoms with Gasteiger partial charge in [-0.2, -0.15) is 4.31 Å². The summed E-state index contributed by atoms with van der Waals surface area (Å²) in [6.07, 6.45) is 1.30. The second-order valence-corrected chi connectivity index (χ2v) is 8.54. The molecular weight excluding hydrogens is 372 g/mol. The molecule has 118 valence electrons. The molecule has 8 heteroatoms. The van der Waals surface area contributed by atoms with Crippen LogP contribution in [0.25, 0.3) is 0 Å². The molecule has 2 saturated heterocycles. The Kier molecular flexibility index (Phi) is 3.34. The van der Waals surface area contributed by atoms with E-state index in [0.717, 1.165) is 11.1 Å². The maximum atomic E-state index is 13.1. The number of ether oxygens (including phenoxy) is 1. The summed E-state index contributed by atoms with van der Waals surface area (Å²) in [5, 5.41) is 2.78. The summed E-state index contributed by atoms with van der Waals surface area (Å²) in [5.41, 5.74) is 1.90. The van der Waals surface area contributed by atoms with Crippen molar-refractivity contribution in [1.29, 1.82) is 0 Å². The zero-order valence-corrected chi connectivity index (χ0v) is 14.1. The second-order valence-electron chi connectivity index (χ2n) is 5.87. The Balaban J connectivity index is 1.80. The molecular formula is C14H15BrN2O4S. The normalized spacial score (nSPS) is 27.8. The van der Waals surface area contributed by atoms with Crippen LogP contribution in [-0.4, -0.2) is 37.3 Å². The molecule has 1 N–H and O–H groups in total. The molecule has 3 aliphatic heterocycles. The van der Waals surface area contributed by atoms with E-state index in [1.54, 1.807) is 12.1 Å². The lowest BCUT2D eigenvalue weighted by atomic mass is 10.1. The topological polar surface area (TPSA) is 75.7 Å². The van der Waals surface area contributed by atoms with E-state index in [0.29, 0.717) is 37.1 Å². The predicted octanol–water partition coefficient (Wildman–Crippen LogP) is 1.13. The van der Waals surface area contributed by atoms with E-state index in [9.17, 15) is 13.2 Å². The summed E-state index contributed by atoms with van der Waals surface area (Å²) in [4.78, 5) is 12.2. The van der Waals surface area contributed by atoms with Crippen molar-refractivity contribution in [2.75, 3.05) is 6.54 Å². The van der Waals surface area contributed by atoms with Gasteiger partial charge in [0, 0.05) is 17.1 Å². The van der Waals surface area contributed by atoms with E-state index in [1.807, 2.05) is 0 Å². The first-order valence-corrected chi connectivity index (χ1v) is 9.42. The summed E-state index contributed by atoms with van der Waals surface area (Å²) in [7, 11) is -3.71. The third-order valence-electron chi connectivity index (χ3n) is 4.58. The minimum atomic E-state index is -3.71. The van der Waals surface area contributed by atoms with Crippen molar-refractivity contribution in [1.82, 2.24) is 9.62 Å². The van der Waals surface area contributed by atoms with Gasteiger partial charge < -0.3 is 10.1 Å². The molecule has 2 bridgehead atoms. The van der Waals surface area contributed by atoms with Gasteiger partial charge in [-0.1, -0.05) is 0 Å². The van der Waals surface area contributed by atoms with Crippen molar-refractivity contribution in [3.8, 4) is 0 Å². The Labute approximate surface area is 137 Å². The number of amides is 1. The molecule has 0 saturated carbocycles. The summed E-state index contributed by atoms with van der Waals surface area (Å²) >= 11 is 3.37. The summed E-state index contributed by atoms with van der Waals surface area (Å²) < 4.78 is 33.5. The highest BCUT2D eigenvalue weighted by atomic mass is 79.9. The molecule has 0 radical (unpaired) electrons. The molecule has 1 aromatic carbocycles. The van der Waals surface area contributed by atoms with E-state index in [2.05, 4.69) is 21.2 Å². The standard InChI is InChI=1S/C14H15BrN2O4S/c15-11-3-8-6-21-7-9(8)4-13(11)22(19,20)17-10-1-2-12(17)14(18)16-5-10/h3-4,10,12H,1-2,5-7H2,(H,16,18)/t10-,12+/m0/s1. The number of hydrogen-bond donors (Lipinski definition) is 1. The van der Waals surface area contributed by atoms with Crippen LogP contribution in [0, 0.1) is 0 Å². The molecule has 0 unspecified atom stereocenters. The zero-order valence-electron chi connectivity index (χ0n) is 11.7.